The highest BCUT2D eigenvalue weighted by atomic mass is 16.4. The molecule has 1 aromatic heterocycles. The predicted octanol–water partition coefficient (Wildman–Crippen LogP) is 4.94. The molecule has 0 saturated carbocycles. The van der Waals surface area contributed by atoms with E-state index in [1.807, 2.05) is 72.8 Å². The number of fused-ring (bicyclic) bond motifs is 2. The van der Waals surface area contributed by atoms with Gasteiger partial charge in [0.2, 0.25) is 0 Å². The molecule has 3 aromatic carbocycles. The molecule has 0 spiro atoms. The predicted molar refractivity (Wildman–Crippen MR) is 107 cm³/mol. The Morgan fingerprint density at radius 3 is 2.56 bits per heavy atom. The molecule has 1 heterocycles. The fraction of sp³-hybridized carbons (Fsp3) is 0.0435. The van der Waals surface area contributed by atoms with Crippen LogP contribution in [0.4, 0.5) is 0 Å². The lowest BCUT2D eigenvalue weighted by Gasteiger charge is -2.02. The number of rotatable bonds is 4. The van der Waals surface area contributed by atoms with Crippen LogP contribution in [0.5, 0.6) is 0 Å². The molecule has 1 N–H and O–H groups in total. The van der Waals surface area contributed by atoms with Crippen molar-refractivity contribution in [1.82, 2.24) is 4.57 Å². The summed E-state index contributed by atoms with van der Waals surface area (Å²) in [6.45, 7) is -0.119. The van der Waals surface area contributed by atoms with Gasteiger partial charge >= 0.3 is 5.97 Å². The van der Waals surface area contributed by atoms with Gasteiger partial charge in [-0.3, -0.25) is 4.79 Å². The van der Waals surface area contributed by atoms with Crippen LogP contribution in [0, 0.1) is 11.3 Å². The number of nitrogens with zero attached hydrogens (tertiary/aromatic N) is 2. The molecule has 0 fully saturated rings. The average Bonchev–Trinajstić information content (AvgIpc) is 3.02. The van der Waals surface area contributed by atoms with Crippen LogP contribution >= 0.6 is 0 Å². The maximum Gasteiger partial charge on any atom is 0.323 e. The Bertz CT molecular complexity index is 1240. The molecule has 4 aromatic rings. The Labute approximate surface area is 156 Å². The van der Waals surface area contributed by atoms with Crippen molar-refractivity contribution in [2.24, 2.45) is 0 Å². The first-order valence-electron chi connectivity index (χ1n) is 8.56. The Morgan fingerprint density at radius 1 is 1.04 bits per heavy atom. The number of allylic oxidation sites excluding steroid dienone is 1. The second-order valence-corrected chi connectivity index (χ2v) is 6.35. The Kier molecular flexibility index (Phi) is 4.19. The molecule has 4 nitrogen and oxygen atoms in total. The zero-order valence-electron chi connectivity index (χ0n) is 14.5. The Morgan fingerprint density at radius 2 is 1.78 bits per heavy atom. The highest BCUT2D eigenvalue weighted by Crippen LogP contribution is 2.27. The number of carboxylic acids is 1. The summed E-state index contributed by atoms with van der Waals surface area (Å²) in [6.07, 6.45) is 3.61. The first kappa shape index (κ1) is 16.6. The third-order valence-corrected chi connectivity index (χ3v) is 4.61. The largest absolute Gasteiger partial charge is 0.480 e. The first-order chi connectivity index (χ1) is 13.2. The topological polar surface area (TPSA) is 66.0 Å². The van der Waals surface area contributed by atoms with E-state index in [1.54, 1.807) is 10.8 Å². The summed E-state index contributed by atoms with van der Waals surface area (Å²) in [5.74, 6) is -0.902. The van der Waals surface area contributed by atoms with E-state index in [-0.39, 0.29) is 6.54 Å². The average molecular weight is 352 g/mol. The van der Waals surface area contributed by atoms with Crippen LogP contribution in [0.1, 0.15) is 11.1 Å². The third kappa shape index (κ3) is 3.19. The number of para-hydroxylation sites is 1. The SMILES string of the molecule is N#C/C(=C/c1cn(CC(=O)O)c2ccccc12)c1ccc2ccccc2c1. The molecule has 4 rings (SSSR count). The Hall–Kier alpha value is -3.84. The number of aliphatic carboxylic acids is 1. The number of carboxylic acid groups (broad SMARTS) is 1. The van der Waals surface area contributed by atoms with Crippen LogP contribution < -0.4 is 0 Å². The molecule has 0 amide bonds. The maximum absolute atomic E-state index is 11.2. The molecule has 0 saturated heterocycles. The van der Waals surface area contributed by atoms with Crippen molar-refractivity contribution in [3.05, 3.63) is 84.1 Å². The third-order valence-electron chi connectivity index (χ3n) is 4.61. The summed E-state index contributed by atoms with van der Waals surface area (Å²) >= 11 is 0. The highest BCUT2D eigenvalue weighted by Gasteiger charge is 2.11. The molecule has 130 valence electrons. The summed E-state index contributed by atoms with van der Waals surface area (Å²) in [5.41, 5.74) is 3.05. The van der Waals surface area contributed by atoms with Gasteiger partial charge in [-0.2, -0.15) is 5.26 Å². The molecule has 0 aliphatic carbocycles. The number of nitriles is 1. The van der Waals surface area contributed by atoms with Crippen molar-refractivity contribution in [2.75, 3.05) is 0 Å². The van der Waals surface area contributed by atoms with Crippen LogP contribution in [-0.2, 0) is 11.3 Å². The van der Waals surface area contributed by atoms with Gasteiger partial charge in [-0.1, -0.05) is 54.6 Å². The number of carbonyl (C=O) groups is 1. The second kappa shape index (κ2) is 6.81. The minimum Gasteiger partial charge on any atom is -0.480 e. The van der Waals surface area contributed by atoms with E-state index < -0.39 is 5.97 Å². The summed E-state index contributed by atoms with van der Waals surface area (Å²) < 4.78 is 1.69. The number of aromatic nitrogens is 1. The summed E-state index contributed by atoms with van der Waals surface area (Å²) in [7, 11) is 0. The van der Waals surface area contributed by atoms with Crippen LogP contribution in [0.2, 0.25) is 0 Å². The molecule has 27 heavy (non-hydrogen) atoms. The molecule has 0 atom stereocenters. The van der Waals surface area contributed by atoms with E-state index in [2.05, 4.69) is 6.07 Å². The van der Waals surface area contributed by atoms with E-state index in [1.165, 1.54) is 0 Å². The zero-order valence-corrected chi connectivity index (χ0v) is 14.5. The van der Waals surface area contributed by atoms with Gasteiger partial charge < -0.3 is 9.67 Å². The van der Waals surface area contributed by atoms with Crippen LogP contribution in [-0.4, -0.2) is 15.6 Å². The van der Waals surface area contributed by atoms with Crippen molar-refractivity contribution in [3.63, 3.8) is 0 Å². The summed E-state index contributed by atoms with van der Waals surface area (Å²) in [5, 5.41) is 22.0. The minimum absolute atomic E-state index is 0.119. The van der Waals surface area contributed by atoms with Crippen molar-refractivity contribution < 1.29 is 9.90 Å². The quantitative estimate of drug-likeness (QED) is 0.529. The van der Waals surface area contributed by atoms with E-state index in [9.17, 15) is 10.1 Å². The van der Waals surface area contributed by atoms with E-state index >= 15 is 0 Å². The van der Waals surface area contributed by atoms with E-state index in [0.29, 0.717) is 5.57 Å². The van der Waals surface area contributed by atoms with Crippen LogP contribution in [0.15, 0.2) is 72.9 Å². The van der Waals surface area contributed by atoms with E-state index in [4.69, 9.17) is 5.11 Å². The maximum atomic E-state index is 11.2. The standard InChI is InChI=1S/C23H16N2O2/c24-13-19(18-10-9-16-5-1-2-6-17(16)11-18)12-20-14-25(15-23(26)27)22-8-4-3-7-21(20)22/h1-12,14H,15H2,(H,26,27)/b19-12-. The summed E-state index contributed by atoms with van der Waals surface area (Å²) in [4.78, 5) is 11.2. The van der Waals surface area contributed by atoms with E-state index in [0.717, 1.165) is 32.8 Å². The van der Waals surface area contributed by atoms with Crippen molar-refractivity contribution in [3.8, 4) is 6.07 Å². The van der Waals surface area contributed by atoms with Gasteiger partial charge in [0.1, 0.15) is 6.54 Å². The zero-order chi connectivity index (χ0) is 18.8. The highest BCUT2D eigenvalue weighted by molar-refractivity contribution is 5.99. The lowest BCUT2D eigenvalue weighted by atomic mass is 10.00. The van der Waals surface area contributed by atoms with Crippen molar-refractivity contribution in [2.45, 2.75) is 6.54 Å². The molecule has 0 radical (unpaired) electrons. The fourth-order valence-electron chi connectivity index (χ4n) is 3.36. The van der Waals surface area contributed by atoms with Gasteiger partial charge in [0, 0.05) is 22.7 Å². The van der Waals surface area contributed by atoms with Gasteiger partial charge in [0.25, 0.3) is 0 Å². The molecular weight excluding hydrogens is 336 g/mol. The van der Waals surface area contributed by atoms with Crippen LogP contribution in [0.3, 0.4) is 0 Å². The smallest absolute Gasteiger partial charge is 0.323 e. The lowest BCUT2D eigenvalue weighted by Crippen LogP contribution is -2.07. The normalized spacial score (nSPS) is 11.6. The van der Waals surface area contributed by atoms with Crippen molar-refractivity contribution in [1.29, 1.82) is 5.26 Å². The van der Waals surface area contributed by atoms with Gasteiger partial charge in [-0.15, -0.1) is 0 Å². The molecule has 0 aliphatic heterocycles. The van der Waals surface area contributed by atoms with Gasteiger partial charge in [-0.05, 0) is 34.5 Å². The molecule has 0 bridgehead atoms. The fourth-order valence-corrected chi connectivity index (χ4v) is 3.36. The van der Waals surface area contributed by atoms with Gasteiger partial charge in [0.15, 0.2) is 0 Å². The lowest BCUT2D eigenvalue weighted by molar-refractivity contribution is -0.137. The molecule has 0 unspecified atom stereocenters. The first-order valence-corrected chi connectivity index (χ1v) is 8.56. The van der Waals surface area contributed by atoms with Gasteiger partial charge in [-0.25, -0.2) is 0 Å². The summed E-state index contributed by atoms with van der Waals surface area (Å²) in [6, 6.07) is 23.9. The Balaban J connectivity index is 1.85. The van der Waals surface area contributed by atoms with Gasteiger partial charge in [0.05, 0.1) is 11.6 Å². The van der Waals surface area contributed by atoms with Crippen LogP contribution in [0.25, 0.3) is 33.3 Å². The molecule has 0 aliphatic rings. The molecule has 4 heteroatoms. The molecular formula is C23H16N2O2. The number of benzene rings is 3. The number of hydrogen-bond acceptors (Lipinski definition) is 2. The minimum atomic E-state index is -0.902. The van der Waals surface area contributed by atoms with Crippen molar-refractivity contribution >= 4 is 39.3 Å². The monoisotopic (exact) mass is 352 g/mol. The number of hydrogen-bond donors (Lipinski definition) is 1. The second-order valence-electron chi connectivity index (χ2n) is 6.35.